The Hall–Kier alpha value is -7.95. The maximum Gasteiger partial charge on any atom is 0.114 e. The first kappa shape index (κ1) is 33.2. The Bertz CT molecular complexity index is 3610. The van der Waals surface area contributed by atoms with Gasteiger partial charge < -0.3 is 0 Å². The van der Waals surface area contributed by atoms with E-state index in [2.05, 4.69) is 193 Å². The lowest BCUT2D eigenvalue weighted by atomic mass is 9.84. The van der Waals surface area contributed by atoms with Gasteiger partial charge in [-0.1, -0.05) is 152 Å². The molecule has 0 radical (unpaired) electrons. The van der Waals surface area contributed by atoms with E-state index in [9.17, 15) is 0 Å². The van der Waals surface area contributed by atoms with Crippen molar-refractivity contribution in [3.05, 3.63) is 207 Å². The van der Waals surface area contributed by atoms with Crippen LogP contribution in [-0.4, -0.2) is 20.0 Å². The van der Waals surface area contributed by atoms with Crippen LogP contribution in [0, 0.1) is 0 Å². The molecule has 2 heterocycles. The number of benzene rings is 10. The molecule has 0 bridgehead atoms. The van der Waals surface area contributed by atoms with Gasteiger partial charge in [0.05, 0.1) is 5.69 Å². The summed E-state index contributed by atoms with van der Waals surface area (Å²) in [7, 11) is 0. The highest BCUT2D eigenvalue weighted by Crippen LogP contribution is 2.46. The third-order valence-electron chi connectivity index (χ3n) is 11.9. The number of aromatic nitrogens is 4. The van der Waals surface area contributed by atoms with Crippen molar-refractivity contribution in [2.45, 2.75) is 0 Å². The van der Waals surface area contributed by atoms with Crippen molar-refractivity contribution < 1.29 is 0 Å². The van der Waals surface area contributed by atoms with E-state index < -0.39 is 0 Å². The summed E-state index contributed by atoms with van der Waals surface area (Å²) in [5.41, 5.74) is 11.9. The van der Waals surface area contributed by atoms with E-state index in [-0.39, 0.29) is 0 Å². The minimum Gasteiger partial charge on any atom is -0.263 e. The van der Waals surface area contributed by atoms with Crippen molar-refractivity contribution in [2.24, 2.45) is 0 Å². The summed E-state index contributed by atoms with van der Waals surface area (Å²) < 4.78 is 0. The molecule has 2 aromatic heterocycles. The van der Waals surface area contributed by atoms with Crippen LogP contribution < -0.4 is 0 Å². The van der Waals surface area contributed by atoms with E-state index in [1.54, 1.807) is 4.80 Å². The zero-order valence-electron chi connectivity index (χ0n) is 31.9. The summed E-state index contributed by atoms with van der Waals surface area (Å²) in [4.78, 5) is 6.23. The van der Waals surface area contributed by atoms with Crippen LogP contribution in [0.25, 0.3) is 115 Å². The molecule has 10 aromatic carbocycles. The van der Waals surface area contributed by atoms with E-state index in [1.165, 1.54) is 70.7 Å². The molecule has 0 aliphatic heterocycles. The third kappa shape index (κ3) is 5.57. The molecule has 4 heteroatoms. The molecule has 0 spiro atoms. The van der Waals surface area contributed by atoms with Crippen molar-refractivity contribution in [1.29, 1.82) is 0 Å². The second-order valence-corrected chi connectivity index (χ2v) is 15.3. The fourth-order valence-corrected chi connectivity index (χ4v) is 9.00. The summed E-state index contributed by atoms with van der Waals surface area (Å²) in [5, 5.41) is 22.0. The van der Waals surface area contributed by atoms with Crippen molar-refractivity contribution in [3.63, 3.8) is 0 Å². The highest BCUT2D eigenvalue weighted by molar-refractivity contribution is 6.22. The molecule has 274 valence electrons. The fourth-order valence-electron chi connectivity index (χ4n) is 9.00. The van der Waals surface area contributed by atoms with Gasteiger partial charge in [0.25, 0.3) is 0 Å². The van der Waals surface area contributed by atoms with Crippen LogP contribution in [0.15, 0.2) is 207 Å². The molecule has 0 fully saturated rings. The van der Waals surface area contributed by atoms with Crippen LogP contribution in [0.3, 0.4) is 0 Å². The van der Waals surface area contributed by atoms with Crippen LogP contribution in [0.1, 0.15) is 0 Å². The number of pyridine rings is 1. The van der Waals surface area contributed by atoms with Gasteiger partial charge in [-0.05, 0) is 130 Å². The first-order chi connectivity index (χ1) is 29.2. The average molecular weight is 751 g/mol. The van der Waals surface area contributed by atoms with Crippen LogP contribution in [0.2, 0.25) is 0 Å². The predicted octanol–water partition coefficient (Wildman–Crippen LogP) is 14.2. The minimum atomic E-state index is 0.843. The summed E-state index contributed by atoms with van der Waals surface area (Å²) in [5.74, 6) is 0. The zero-order chi connectivity index (χ0) is 38.9. The van der Waals surface area contributed by atoms with Gasteiger partial charge in [-0.15, -0.1) is 10.2 Å². The second kappa shape index (κ2) is 13.3. The number of hydrogen-bond donors (Lipinski definition) is 0. The smallest absolute Gasteiger partial charge is 0.114 e. The normalized spacial score (nSPS) is 11.7. The summed E-state index contributed by atoms with van der Waals surface area (Å²) >= 11 is 0. The van der Waals surface area contributed by atoms with E-state index in [0.717, 1.165) is 44.4 Å². The Labute approximate surface area is 340 Å². The Morgan fingerprint density at radius 2 is 0.814 bits per heavy atom. The summed E-state index contributed by atoms with van der Waals surface area (Å²) in [6.07, 6.45) is 3.84. The molecule has 0 unspecified atom stereocenters. The Morgan fingerprint density at radius 3 is 1.51 bits per heavy atom. The van der Waals surface area contributed by atoms with Gasteiger partial charge >= 0.3 is 0 Å². The standard InChI is InChI=1S/C55H34N4/c1-3-11-38-29-42(19-17-35(38)9-1)54-47-15-7-8-16-48(47)55(43-20-18-36-10-2-4-12-39(36)30-43)50-31-40(23-27-49(50)54)41-24-28-52-53(32-41)58-59(57-52)45-25-21-37(22-26-45)51-34-56-33-44-13-5-6-14-46(44)51/h1-34H. The lowest BCUT2D eigenvalue weighted by Crippen LogP contribution is -1.98. The lowest BCUT2D eigenvalue weighted by molar-refractivity contribution is 0.766. The van der Waals surface area contributed by atoms with Crippen molar-refractivity contribution in [2.75, 3.05) is 0 Å². The highest BCUT2D eigenvalue weighted by Gasteiger charge is 2.19. The van der Waals surface area contributed by atoms with Crippen molar-refractivity contribution in [1.82, 2.24) is 20.0 Å². The molecule has 0 aliphatic rings. The Kier molecular flexibility index (Phi) is 7.50. The molecule has 12 aromatic rings. The van der Waals surface area contributed by atoms with Gasteiger partial charge in [0.1, 0.15) is 11.0 Å². The Balaban J connectivity index is 1.01. The SMILES string of the molecule is c1ccc2cc(-c3c4ccccc4c(-c4ccc5ccccc5c4)c4cc(-c5ccc6nn(-c7ccc(-c8cncc9ccccc89)cc7)nc6c5)ccc34)ccc2c1. The molecule has 0 N–H and O–H groups in total. The van der Waals surface area contributed by atoms with Gasteiger partial charge in [-0.3, -0.25) is 4.98 Å². The molecule has 0 saturated carbocycles. The Morgan fingerprint density at radius 1 is 0.305 bits per heavy atom. The fraction of sp³-hybridized carbons (Fsp3) is 0. The van der Waals surface area contributed by atoms with E-state index >= 15 is 0 Å². The molecule has 0 atom stereocenters. The van der Waals surface area contributed by atoms with Gasteiger partial charge in [0.15, 0.2) is 0 Å². The first-order valence-electron chi connectivity index (χ1n) is 20.0. The van der Waals surface area contributed by atoms with E-state index in [1.807, 2.05) is 18.5 Å². The average Bonchev–Trinajstić information content (AvgIpc) is 3.74. The van der Waals surface area contributed by atoms with Gasteiger partial charge in [0.2, 0.25) is 0 Å². The first-order valence-corrected chi connectivity index (χ1v) is 20.0. The maximum absolute atomic E-state index is 4.99. The molecule has 59 heavy (non-hydrogen) atoms. The molecular weight excluding hydrogens is 717 g/mol. The topological polar surface area (TPSA) is 43.6 Å². The number of nitrogens with zero attached hydrogens (tertiary/aromatic N) is 4. The molecule has 4 nitrogen and oxygen atoms in total. The zero-order valence-corrected chi connectivity index (χ0v) is 31.9. The summed E-state index contributed by atoms with van der Waals surface area (Å²) in [6.45, 7) is 0. The predicted molar refractivity (Wildman–Crippen MR) is 246 cm³/mol. The van der Waals surface area contributed by atoms with Crippen LogP contribution in [0.4, 0.5) is 0 Å². The van der Waals surface area contributed by atoms with Crippen molar-refractivity contribution >= 4 is 64.9 Å². The molecule has 12 rings (SSSR count). The minimum absolute atomic E-state index is 0.843. The van der Waals surface area contributed by atoms with Crippen LogP contribution in [0.5, 0.6) is 0 Å². The van der Waals surface area contributed by atoms with Crippen molar-refractivity contribution in [3.8, 4) is 50.2 Å². The van der Waals surface area contributed by atoms with Gasteiger partial charge in [-0.25, -0.2) is 0 Å². The molecule has 0 aliphatic carbocycles. The second-order valence-electron chi connectivity index (χ2n) is 15.3. The van der Waals surface area contributed by atoms with Gasteiger partial charge in [0, 0.05) is 23.3 Å². The highest BCUT2D eigenvalue weighted by atomic mass is 15.5. The quantitative estimate of drug-likeness (QED) is 0.165. The maximum atomic E-state index is 4.99. The van der Waals surface area contributed by atoms with Crippen LogP contribution >= 0.6 is 0 Å². The molecule has 0 saturated heterocycles. The number of fused-ring (bicyclic) bond motifs is 6. The van der Waals surface area contributed by atoms with Crippen LogP contribution in [-0.2, 0) is 0 Å². The lowest BCUT2D eigenvalue weighted by Gasteiger charge is -2.19. The number of hydrogen-bond acceptors (Lipinski definition) is 3. The third-order valence-corrected chi connectivity index (χ3v) is 11.9. The molecular formula is C55H34N4. The molecule has 0 amide bonds. The summed E-state index contributed by atoms with van der Waals surface area (Å²) in [6, 6.07) is 70.0. The monoisotopic (exact) mass is 750 g/mol. The number of rotatable bonds is 5. The largest absolute Gasteiger partial charge is 0.263 e. The van der Waals surface area contributed by atoms with Gasteiger partial charge in [-0.2, -0.15) is 4.80 Å². The van der Waals surface area contributed by atoms with E-state index in [4.69, 9.17) is 10.2 Å². The van der Waals surface area contributed by atoms with E-state index in [0.29, 0.717) is 0 Å².